The van der Waals surface area contributed by atoms with Crippen LogP contribution < -0.4 is 36.2 Å². The summed E-state index contributed by atoms with van der Waals surface area (Å²) in [5, 5.41) is 3.85. The lowest BCUT2D eigenvalue weighted by atomic mass is 9.89. The fourth-order valence-electron chi connectivity index (χ4n) is 11.1. The second-order valence-corrected chi connectivity index (χ2v) is 29.3. The Labute approximate surface area is 521 Å². The Hall–Kier alpha value is -7.18. The molecule has 0 bridgehead atoms. The Bertz CT molecular complexity index is 3880. The largest absolute Gasteiger partial charge is 0.530 e. The average Bonchev–Trinajstić information content (AvgIpc) is 1.48. The van der Waals surface area contributed by atoms with Gasteiger partial charge in [0.25, 0.3) is 0 Å². The smallest absolute Gasteiger partial charge is 0.408 e. The van der Waals surface area contributed by atoms with E-state index in [1.54, 1.807) is 0 Å². The van der Waals surface area contributed by atoms with Crippen LogP contribution in [-0.4, -0.2) is 0 Å². The lowest BCUT2D eigenvalue weighted by molar-refractivity contribution is 0.429. The van der Waals surface area contributed by atoms with E-state index in [0.29, 0.717) is 79.5 Å². The predicted molar refractivity (Wildman–Crippen MR) is 360 cm³/mol. The standard InChI is InChI=1S/C72H78O12P4/c1-39(2)47-31-51(43(9)10)69-55(35-47)56-36-48(40(3)4)32-52(44(11)12)70(56)82-87(81-69)79-65-29-21-27-63(77-85-73-59-23-17-18-24-60(59)74-85)67(65)68-64(78-86-75-61-25-19-20-26-62(61)76-86)28-22-30-66(68)80-88-83-71-53(45(13)14)33-49(41(5)6)37-57(71)58-38-50(42(7)8)34-54(46(15)16)72(58)84-88/h17-46H,1-16H3. The van der Waals surface area contributed by atoms with Crippen molar-refractivity contribution in [3.8, 4) is 57.1 Å². The van der Waals surface area contributed by atoms with Gasteiger partial charge in [-0.1, -0.05) is 171 Å². The lowest BCUT2D eigenvalue weighted by Crippen LogP contribution is -2.01. The van der Waals surface area contributed by atoms with Gasteiger partial charge in [0, 0.05) is 21.5 Å². The molecule has 2 aliphatic heterocycles. The molecule has 458 valence electrons. The van der Waals surface area contributed by atoms with Crippen LogP contribution in [0, 0.1) is 0 Å². The molecule has 16 heteroatoms. The average molecular weight is 1260 g/mol. The van der Waals surface area contributed by atoms with E-state index in [4.69, 9.17) is 53.0 Å². The fourth-order valence-corrected chi connectivity index (χ4v) is 15.5. The second-order valence-electron chi connectivity index (χ2n) is 25.3. The first-order valence-corrected chi connectivity index (χ1v) is 35.1. The number of para-hydroxylation sites is 4. The number of hydrogen-bond acceptors (Lipinski definition) is 12. The molecule has 12 nitrogen and oxygen atoms in total. The molecular formula is C72H78O12P4. The third-order valence-electron chi connectivity index (χ3n) is 16.3. The summed E-state index contributed by atoms with van der Waals surface area (Å²) in [5.74, 6) is 4.85. The van der Waals surface area contributed by atoms with Crippen molar-refractivity contribution in [2.75, 3.05) is 0 Å². The van der Waals surface area contributed by atoms with E-state index in [9.17, 15) is 0 Å². The zero-order chi connectivity index (χ0) is 62.0. The highest BCUT2D eigenvalue weighted by molar-refractivity contribution is 7.43. The molecule has 0 unspecified atom stereocenters. The van der Waals surface area contributed by atoms with Crippen molar-refractivity contribution in [2.45, 2.75) is 158 Å². The first kappa shape index (κ1) is 61.1. The van der Waals surface area contributed by atoms with Crippen molar-refractivity contribution in [1.29, 1.82) is 0 Å². The molecular weight excluding hydrogens is 1180 g/mol. The third-order valence-corrected chi connectivity index (χ3v) is 20.4. The van der Waals surface area contributed by atoms with Crippen LogP contribution in [0.15, 0.2) is 150 Å². The molecule has 4 heterocycles. The van der Waals surface area contributed by atoms with Crippen molar-refractivity contribution in [1.82, 2.24) is 0 Å². The van der Waals surface area contributed by atoms with Crippen molar-refractivity contribution in [2.24, 2.45) is 0 Å². The lowest BCUT2D eigenvalue weighted by Gasteiger charge is -2.21. The SMILES string of the molecule is CC(C)c1cc(C(C)C)c2op(Oc3cccc(OP4Oc5ccccc5O4)c3-c3c(OP4Oc5ccccc5O4)cccc3Op3oc4c(C(C)C)cc(C(C)C)cc4c4cc(C(C)C)cc(C(C)C)c4o3)oc3c(C(C)C)cc(C(C)C)cc3c2c1. The minimum atomic E-state index is -2.31. The molecule has 0 N–H and O–H groups in total. The summed E-state index contributed by atoms with van der Waals surface area (Å²) < 4.78 is 83.9. The Morgan fingerprint density at radius 1 is 0.273 bits per heavy atom. The van der Waals surface area contributed by atoms with Gasteiger partial charge >= 0.3 is 33.7 Å². The Balaban J connectivity index is 1.14. The maximum absolute atomic E-state index is 7.45. The second kappa shape index (κ2) is 25.0. The van der Waals surface area contributed by atoms with Crippen LogP contribution in [0.4, 0.5) is 0 Å². The van der Waals surface area contributed by atoms with E-state index >= 15 is 0 Å². The maximum Gasteiger partial charge on any atom is 0.530 e. The van der Waals surface area contributed by atoms with E-state index in [1.165, 1.54) is 22.3 Å². The molecule has 0 saturated carbocycles. The van der Waals surface area contributed by atoms with Gasteiger partial charge in [0.15, 0.2) is 23.0 Å². The zero-order valence-electron chi connectivity index (χ0n) is 53.0. The molecule has 12 rings (SSSR count). The van der Waals surface area contributed by atoms with Gasteiger partial charge in [-0.3, -0.25) is 0 Å². The quantitative estimate of drug-likeness (QED) is 0.0806. The van der Waals surface area contributed by atoms with E-state index in [1.807, 2.05) is 84.9 Å². The van der Waals surface area contributed by atoms with Crippen LogP contribution in [-0.2, 0) is 0 Å². The Kier molecular flexibility index (Phi) is 17.4. The number of benzene rings is 8. The Morgan fingerprint density at radius 2 is 0.511 bits per heavy atom. The summed E-state index contributed by atoms with van der Waals surface area (Å²) >= 11 is 0. The van der Waals surface area contributed by atoms with Gasteiger partial charge in [-0.25, -0.2) is 0 Å². The molecule has 0 saturated heterocycles. The monoisotopic (exact) mass is 1260 g/mol. The first-order chi connectivity index (χ1) is 42.2. The molecule has 0 amide bonds. The molecule has 88 heavy (non-hydrogen) atoms. The van der Waals surface area contributed by atoms with E-state index < -0.39 is 33.7 Å². The van der Waals surface area contributed by atoms with E-state index in [2.05, 4.69) is 159 Å². The normalized spacial score (nSPS) is 13.4. The third kappa shape index (κ3) is 12.1. The first-order valence-electron chi connectivity index (χ1n) is 30.7. The minimum absolute atomic E-state index is 0.0859. The molecule has 2 aliphatic rings. The highest BCUT2D eigenvalue weighted by atomic mass is 31.2. The van der Waals surface area contributed by atoms with E-state index in [0.717, 1.165) is 43.8 Å². The van der Waals surface area contributed by atoms with Gasteiger partial charge in [-0.2, -0.15) is 0 Å². The minimum Gasteiger partial charge on any atom is -0.408 e. The van der Waals surface area contributed by atoms with Gasteiger partial charge in [-0.05, 0) is 165 Å². The highest BCUT2D eigenvalue weighted by Crippen LogP contribution is 2.61. The van der Waals surface area contributed by atoms with Gasteiger partial charge in [0.05, 0.1) is 11.1 Å². The molecule has 0 fully saturated rings. The van der Waals surface area contributed by atoms with Crippen molar-refractivity contribution < 1.29 is 53.0 Å². The van der Waals surface area contributed by atoms with Crippen LogP contribution in [0.5, 0.6) is 46.0 Å². The van der Waals surface area contributed by atoms with Crippen LogP contribution in [0.2, 0.25) is 0 Å². The zero-order valence-corrected chi connectivity index (χ0v) is 56.6. The van der Waals surface area contributed by atoms with Gasteiger partial charge < -0.3 is 53.0 Å². The molecule has 10 aromatic rings. The summed E-state index contributed by atoms with van der Waals surface area (Å²) in [6.45, 7) is 35.4. The molecule has 2 aromatic heterocycles. The van der Waals surface area contributed by atoms with E-state index in [-0.39, 0.29) is 47.3 Å². The Morgan fingerprint density at radius 3 is 0.739 bits per heavy atom. The van der Waals surface area contributed by atoms with Crippen molar-refractivity contribution in [3.05, 3.63) is 178 Å². The molecule has 0 spiro atoms. The summed E-state index contributed by atoms with van der Waals surface area (Å²) in [4.78, 5) is 0. The van der Waals surface area contributed by atoms with Crippen molar-refractivity contribution in [3.63, 3.8) is 0 Å². The van der Waals surface area contributed by atoms with Gasteiger partial charge in [0.2, 0.25) is 0 Å². The summed E-state index contributed by atoms with van der Waals surface area (Å²) in [6, 6.07) is 44.4. The number of rotatable bonds is 17. The van der Waals surface area contributed by atoms with Gasteiger partial charge in [-0.15, -0.1) is 0 Å². The summed E-state index contributed by atoms with van der Waals surface area (Å²) in [6.07, 6.45) is 0. The number of hydrogen-bond donors (Lipinski definition) is 0. The highest BCUT2D eigenvalue weighted by Gasteiger charge is 2.36. The van der Waals surface area contributed by atoms with Crippen LogP contribution in [0.3, 0.4) is 0 Å². The maximum atomic E-state index is 7.45. The summed E-state index contributed by atoms with van der Waals surface area (Å²) in [7, 11) is -8.75. The predicted octanol–water partition coefficient (Wildman–Crippen LogP) is 25.4. The topological polar surface area (TPSA) is 126 Å². The molecule has 8 aromatic carbocycles. The van der Waals surface area contributed by atoms with Crippen LogP contribution in [0.1, 0.15) is 203 Å². The van der Waals surface area contributed by atoms with Crippen molar-refractivity contribution >= 4 is 77.6 Å². The van der Waals surface area contributed by atoms with Crippen LogP contribution in [0.25, 0.3) is 55.0 Å². The van der Waals surface area contributed by atoms with Crippen LogP contribution >= 0.6 is 33.7 Å². The van der Waals surface area contributed by atoms with Gasteiger partial charge in [0.1, 0.15) is 45.3 Å². The fraction of sp³-hybridized carbons (Fsp3) is 0.333. The number of fused-ring (bicyclic) bond motifs is 8. The molecule has 0 atom stereocenters. The summed E-state index contributed by atoms with van der Waals surface area (Å²) in [5.41, 5.74) is 12.7. The molecule has 0 radical (unpaired) electrons. The molecule has 0 aliphatic carbocycles.